The van der Waals surface area contributed by atoms with Gasteiger partial charge in [0.15, 0.2) is 0 Å². The van der Waals surface area contributed by atoms with Crippen LogP contribution >= 0.6 is 0 Å². The second-order valence-electron chi connectivity index (χ2n) is 3.96. The average Bonchev–Trinajstić information content (AvgIpc) is 2.15. The fourth-order valence-corrected chi connectivity index (χ4v) is 1.09. The van der Waals surface area contributed by atoms with Crippen LogP contribution < -0.4 is 15.8 Å². The maximum atomic E-state index is 11.1. The van der Waals surface area contributed by atoms with Crippen molar-refractivity contribution in [2.75, 3.05) is 12.4 Å². The molecule has 0 aliphatic heterocycles. The third kappa shape index (κ3) is 2.82. The Hall–Kier alpha value is -1.85. The van der Waals surface area contributed by atoms with Crippen LogP contribution in [0.25, 0.3) is 0 Å². The van der Waals surface area contributed by atoms with E-state index in [1.807, 2.05) is 0 Å². The number of aryl methyl sites for hydroxylation is 1. The summed E-state index contributed by atoms with van der Waals surface area (Å²) in [6, 6.07) is 1.61. The molecule has 1 aromatic heterocycles. The van der Waals surface area contributed by atoms with E-state index in [0.29, 0.717) is 17.5 Å². The lowest BCUT2D eigenvalue weighted by atomic mass is 10.1. The van der Waals surface area contributed by atoms with E-state index in [0.717, 1.165) is 0 Å². The summed E-state index contributed by atoms with van der Waals surface area (Å²) in [5.74, 6) is 1.05. The summed E-state index contributed by atoms with van der Waals surface area (Å²) in [5, 5.41) is 2.93. The van der Waals surface area contributed by atoms with E-state index in [2.05, 4.69) is 15.3 Å². The Morgan fingerprint density at radius 1 is 1.50 bits per heavy atom. The van der Waals surface area contributed by atoms with Gasteiger partial charge < -0.3 is 15.8 Å². The van der Waals surface area contributed by atoms with Gasteiger partial charge >= 0.3 is 0 Å². The highest BCUT2D eigenvalue weighted by atomic mass is 16.5. The Morgan fingerprint density at radius 2 is 2.12 bits per heavy atom. The Bertz CT molecular complexity index is 404. The molecule has 0 saturated heterocycles. The molecular weight excluding hydrogens is 208 g/mol. The third-order valence-electron chi connectivity index (χ3n) is 2.08. The van der Waals surface area contributed by atoms with E-state index in [1.165, 1.54) is 7.11 Å². The molecule has 0 radical (unpaired) electrons. The van der Waals surface area contributed by atoms with Gasteiger partial charge in [0.2, 0.25) is 11.8 Å². The van der Waals surface area contributed by atoms with E-state index in [1.54, 1.807) is 26.8 Å². The largest absolute Gasteiger partial charge is 0.481 e. The molecule has 0 saturated carbocycles. The van der Waals surface area contributed by atoms with Crippen molar-refractivity contribution >= 4 is 11.7 Å². The van der Waals surface area contributed by atoms with Crippen LogP contribution in [0.3, 0.4) is 0 Å². The molecule has 1 heterocycles. The number of rotatable bonds is 4. The lowest BCUT2D eigenvalue weighted by Gasteiger charge is -2.23. The number of nitrogens with one attached hydrogen (secondary N) is 1. The van der Waals surface area contributed by atoms with Crippen molar-refractivity contribution in [1.82, 2.24) is 9.97 Å². The van der Waals surface area contributed by atoms with Gasteiger partial charge in [-0.3, -0.25) is 4.79 Å². The number of carbonyl (C=O) groups excluding carboxylic acids is 1. The standard InChI is InChI=1S/C10H16N4O2/c1-6-12-7(5-8(13-6)16-4)14-10(2,3)9(11)15/h5H,1-4H3,(H2,11,15)(H,12,13,14). The molecule has 1 rings (SSSR count). The zero-order valence-corrected chi connectivity index (χ0v) is 9.87. The molecule has 0 aliphatic rings. The van der Waals surface area contributed by atoms with Crippen molar-refractivity contribution in [2.45, 2.75) is 26.3 Å². The van der Waals surface area contributed by atoms with Gasteiger partial charge in [0.25, 0.3) is 0 Å². The van der Waals surface area contributed by atoms with E-state index in [4.69, 9.17) is 10.5 Å². The summed E-state index contributed by atoms with van der Waals surface area (Å²) in [7, 11) is 1.52. The Morgan fingerprint density at radius 3 is 2.62 bits per heavy atom. The number of hydrogen-bond acceptors (Lipinski definition) is 5. The topological polar surface area (TPSA) is 90.1 Å². The number of aromatic nitrogens is 2. The summed E-state index contributed by atoms with van der Waals surface area (Å²) < 4.78 is 5.00. The molecular formula is C10H16N4O2. The van der Waals surface area contributed by atoms with Gasteiger partial charge in [-0.05, 0) is 20.8 Å². The first-order chi connectivity index (χ1) is 7.35. The number of nitrogens with two attached hydrogens (primary N) is 1. The van der Waals surface area contributed by atoms with Gasteiger partial charge in [-0.2, -0.15) is 4.98 Å². The van der Waals surface area contributed by atoms with Crippen LogP contribution in [0.5, 0.6) is 5.88 Å². The molecule has 0 aliphatic carbocycles. The predicted octanol–water partition coefficient (Wildman–Crippen LogP) is 0.469. The van der Waals surface area contributed by atoms with Gasteiger partial charge in [-0.25, -0.2) is 4.98 Å². The summed E-state index contributed by atoms with van der Waals surface area (Å²) in [4.78, 5) is 19.3. The molecule has 88 valence electrons. The molecule has 1 aromatic rings. The van der Waals surface area contributed by atoms with Gasteiger partial charge in [0, 0.05) is 6.07 Å². The minimum atomic E-state index is -0.869. The number of amides is 1. The van der Waals surface area contributed by atoms with Gasteiger partial charge in [-0.15, -0.1) is 0 Å². The van der Waals surface area contributed by atoms with E-state index >= 15 is 0 Å². The summed E-state index contributed by atoms with van der Waals surface area (Å²) in [6.45, 7) is 5.10. The highest BCUT2D eigenvalue weighted by Gasteiger charge is 2.25. The van der Waals surface area contributed by atoms with Crippen molar-refractivity contribution in [2.24, 2.45) is 5.73 Å². The Kier molecular flexibility index (Phi) is 3.31. The first kappa shape index (κ1) is 12.2. The summed E-state index contributed by atoms with van der Waals surface area (Å²) >= 11 is 0. The summed E-state index contributed by atoms with van der Waals surface area (Å²) in [6.07, 6.45) is 0. The quantitative estimate of drug-likeness (QED) is 0.775. The van der Waals surface area contributed by atoms with Gasteiger partial charge in [0.05, 0.1) is 7.11 Å². The van der Waals surface area contributed by atoms with Crippen molar-refractivity contribution in [3.63, 3.8) is 0 Å². The smallest absolute Gasteiger partial charge is 0.242 e. The monoisotopic (exact) mass is 224 g/mol. The van der Waals surface area contributed by atoms with Gasteiger partial charge in [-0.1, -0.05) is 0 Å². The fraction of sp³-hybridized carbons (Fsp3) is 0.500. The number of carbonyl (C=O) groups is 1. The molecule has 16 heavy (non-hydrogen) atoms. The molecule has 6 heteroatoms. The lowest BCUT2D eigenvalue weighted by molar-refractivity contribution is -0.121. The van der Waals surface area contributed by atoms with Crippen LogP contribution in [0.15, 0.2) is 6.07 Å². The normalized spacial score (nSPS) is 11.0. The maximum Gasteiger partial charge on any atom is 0.242 e. The van der Waals surface area contributed by atoms with Crippen LogP contribution in [0.4, 0.5) is 5.82 Å². The molecule has 0 unspecified atom stereocenters. The Balaban J connectivity index is 2.97. The second kappa shape index (κ2) is 4.34. The lowest BCUT2D eigenvalue weighted by Crippen LogP contribution is -2.45. The molecule has 0 atom stereocenters. The molecule has 3 N–H and O–H groups in total. The van der Waals surface area contributed by atoms with Crippen LogP contribution in [0, 0.1) is 6.92 Å². The van der Waals surface area contributed by atoms with Crippen LogP contribution in [-0.4, -0.2) is 28.5 Å². The van der Waals surface area contributed by atoms with E-state index in [-0.39, 0.29) is 0 Å². The zero-order valence-electron chi connectivity index (χ0n) is 9.87. The second-order valence-corrected chi connectivity index (χ2v) is 3.96. The van der Waals surface area contributed by atoms with Crippen molar-refractivity contribution in [3.8, 4) is 5.88 Å². The molecule has 0 fully saturated rings. The van der Waals surface area contributed by atoms with Crippen molar-refractivity contribution in [3.05, 3.63) is 11.9 Å². The van der Waals surface area contributed by atoms with E-state index in [9.17, 15) is 4.79 Å². The number of methoxy groups -OCH3 is 1. The van der Waals surface area contributed by atoms with Crippen molar-refractivity contribution < 1.29 is 9.53 Å². The first-order valence-electron chi connectivity index (χ1n) is 4.83. The number of anilines is 1. The van der Waals surface area contributed by atoms with Crippen molar-refractivity contribution in [1.29, 1.82) is 0 Å². The zero-order chi connectivity index (χ0) is 12.3. The van der Waals surface area contributed by atoms with Crippen LogP contribution in [-0.2, 0) is 4.79 Å². The molecule has 0 spiro atoms. The minimum absolute atomic E-state index is 0.440. The van der Waals surface area contributed by atoms with Crippen LogP contribution in [0.1, 0.15) is 19.7 Å². The highest BCUT2D eigenvalue weighted by Crippen LogP contribution is 2.17. The average molecular weight is 224 g/mol. The fourth-order valence-electron chi connectivity index (χ4n) is 1.09. The molecule has 6 nitrogen and oxygen atoms in total. The highest BCUT2D eigenvalue weighted by molar-refractivity contribution is 5.86. The number of hydrogen-bond donors (Lipinski definition) is 2. The number of ether oxygens (including phenoxy) is 1. The molecule has 1 amide bonds. The molecule has 0 bridgehead atoms. The Labute approximate surface area is 94.2 Å². The SMILES string of the molecule is COc1cc(NC(C)(C)C(N)=O)nc(C)n1. The third-order valence-corrected chi connectivity index (χ3v) is 2.08. The number of nitrogens with zero attached hydrogens (tertiary/aromatic N) is 2. The summed E-state index contributed by atoms with van der Waals surface area (Å²) in [5.41, 5.74) is 4.38. The van der Waals surface area contributed by atoms with Crippen LogP contribution in [0.2, 0.25) is 0 Å². The first-order valence-corrected chi connectivity index (χ1v) is 4.83. The van der Waals surface area contributed by atoms with E-state index < -0.39 is 11.4 Å². The minimum Gasteiger partial charge on any atom is -0.481 e. The predicted molar refractivity (Wildman–Crippen MR) is 60.2 cm³/mol. The van der Waals surface area contributed by atoms with Gasteiger partial charge in [0.1, 0.15) is 17.2 Å². The molecule has 0 aromatic carbocycles. The maximum absolute atomic E-state index is 11.1. The number of primary amides is 1.